The van der Waals surface area contributed by atoms with Gasteiger partial charge in [0.15, 0.2) is 0 Å². The number of nitrogens with zero attached hydrogens (tertiary/aromatic N) is 2. The zero-order valence-electron chi connectivity index (χ0n) is 8.84. The van der Waals surface area contributed by atoms with E-state index in [1.165, 1.54) is 0 Å². The average Bonchev–Trinajstić information content (AvgIpc) is 2.81. The fourth-order valence-electron chi connectivity index (χ4n) is 1.51. The minimum atomic E-state index is 0.584. The van der Waals surface area contributed by atoms with Gasteiger partial charge in [0.1, 0.15) is 0 Å². The van der Waals surface area contributed by atoms with Gasteiger partial charge in [-0.15, -0.1) is 11.3 Å². The van der Waals surface area contributed by atoms with Crippen molar-refractivity contribution in [3.8, 4) is 6.07 Å². The first-order valence-corrected chi connectivity index (χ1v) is 5.67. The van der Waals surface area contributed by atoms with Crippen molar-refractivity contribution in [2.75, 3.05) is 17.7 Å². The summed E-state index contributed by atoms with van der Waals surface area (Å²) in [6, 6.07) is 11.4. The van der Waals surface area contributed by atoms with Gasteiger partial charge in [-0.1, -0.05) is 0 Å². The van der Waals surface area contributed by atoms with Crippen LogP contribution in [0.25, 0.3) is 0 Å². The monoisotopic (exact) mass is 229 g/mol. The van der Waals surface area contributed by atoms with Crippen LogP contribution in [0.4, 0.5) is 16.4 Å². The average molecular weight is 229 g/mol. The van der Waals surface area contributed by atoms with Crippen LogP contribution in [-0.4, -0.2) is 7.05 Å². The van der Waals surface area contributed by atoms with E-state index in [-0.39, 0.29) is 0 Å². The minimum Gasteiger partial charge on any atom is -0.397 e. The fraction of sp³-hybridized carbons (Fsp3) is 0.0833. The van der Waals surface area contributed by atoms with Gasteiger partial charge in [0.2, 0.25) is 0 Å². The van der Waals surface area contributed by atoms with E-state index in [2.05, 4.69) is 6.07 Å². The van der Waals surface area contributed by atoms with E-state index in [1.54, 1.807) is 23.5 Å². The maximum Gasteiger partial charge on any atom is 0.0992 e. The highest BCUT2D eigenvalue weighted by molar-refractivity contribution is 7.14. The van der Waals surface area contributed by atoms with Crippen molar-refractivity contribution in [3.63, 3.8) is 0 Å². The summed E-state index contributed by atoms with van der Waals surface area (Å²) in [5.41, 5.74) is 8.04. The van der Waals surface area contributed by atoms with Gasteiger partial charge in [-0.25, -0.2) is 0 Å². The summed E-state index contributed by atoms with van der Waals surface area (Å²) >= 11 is 1.65. The topological polar surface area (TPSA) is 53.0 Å². The third-order valence-electron chi connectivity index (χ3n) is 2.35. The maximum atomic E-state index is 8.76. The van der Waals surface area contributed by atoms with Crippen LogP contribution in [0.2, 0.25) is 0 Å². The molecular formula is C12H11N3S. The second-order valence-electron chi connectivity index (χ2n) is 3.40. The molecule has 0 saturated heterocycles. The molecule has 3 nitrogen and oxygen atoms in total. The molecule has 0 radical (unpaired) electrons. The van der Waals surface area contributed by atoms with Crippen LogP contribution in [-0.2, 0) is 0 Å². The van der Waals surface area contributed by atoms with Gasteiger partial charge < -0.3 is 10.6 Å². The van der Waals surface area contributed by atoms with E-state index < -0.39 is 0 Å². The van der Waals surface area contributed by atoms with Crippen LogP contribution in [0.15, 0.2) is 35.7 Å². The lowest BCUT2D eigenvalue weighted by atomic mass is 10.2. The molecule has 0 atom stereocenters. The van der Waals surface area contributed by atoms with Gasteiger partial charge >= 0.3 is 0 Å². The number of nitrogen functional groups attached to an aromatic ring is 1. The number of nitriles is 1. The predicted molar refractivity (Wildman–Crippen MR) is 68.0 cm³/mol. The molecule has 2 aromatic rings. The van der Waals surface area contributed by atoms with Crippen LogP contribution in [0.1, 0.15) is 5.56 Å². The molecule has 0 spiro atoms. The van der Waals surface area contributed by atoms with Crippen molar-refractivity contribution in [3.05, 3.63) is 41.3 Å². The first-order valence-electron chi connectivity index (χ1n) is 4.79. The molecule has 4 heteroatoms. The van der Waals surface area contributed by atoms with Gasteiger partial charge in [0.05, 0.1) is 28.0 Å². The van der Waals surface area contributed by atoms with E-state index in [4.69, 9.17) is 11.0 Å². The molecular weight excluding hydrogens is 218 g/mol. The molecule has 1 heterocycles. The Balaban J connectivity index is 2.38. The Morgan fingerprint density at radius 2 is 2.19 bits per heavy atom. The third-order valence-corrected chi connectivity index (χ3v) is 3.30. The molecule has 0 bridgehead atoms. The van der Waals surface area contributed by atoms with Crippen LogP contribution in [0.3, 0.4) is 0 Å². The number of thiophene rings is 1. The summed E-state index contributed by atoms with van der Waals surface area (Å²) < 4.78 is 0. The van der Waals surface area contributed by atoms with E-state index in [0.717, 1.165) is 10.7 Å². The Labute approximate surface area is 98.4 Å². The number of rotatable bonds is 2. The molecule has 0 aliphatic heterocycles. The second-order valence-corrected chi connectivity index (χ2v) is 4.32. The SMILES string of the molecule is CN(c1cccs1)c1ccc(C#N)cc1N. The fourth-order valence-corrected chi connectivity index (χ4v) is 2.22. The smallest absolute Gasteiger partial charge is 0.0992 e. The molecule has 80 valence electrons. The van der Waals surface area contributed by atoms with E-state index in [0.29, 0.717) is 11.3 Å². The van der Waals surface area contributed by atoms with Gasteiger partial charge in [-0.3, -0.25) is 0 Å². The lowest BCUT2D eigenvalue weighted by Crippen LogP contribution is -2.10. The van der Waals surface area contributed by atoms with E-state index in [9.17, 15) is 0 Å². The van der Waals surface area contributed by atoms with Crippen molar-refractivity contribution in [2.24, 2.45) is 0 Å². The molecule has 1 aromatic carbocycles. The molecule has 0 aliphatic carbocycles. The summed E-state index contributed by atoms with van der Waals surface area (Å²) in [5, 5.41) is 11.9. The highest BCUT2D eigenvalue weighted by Crippen LogP contribution is 2.32. The highest BCUT2D eigenvalue weighted by Gasteiger charge is 2.08. The maximum absolute atomic E-state index is 8.76. The van der Waals surface area contributed by atoms with Crippen molar-refractivity contribution in [1.82, 2.24) is 0 Å². The summed E-state index contributed by atoms with van der Waals surface area (Å²) in [4.78, 5) is 2.02. The Morgan fingerprint density at radius 3 is 2.75 bits per heavy atom. The molecule has 16 heavy (non-hydrogen) atoms. The molecule has 2 N–H and O–H groups in total. The first kappa shape index (κ1) is 10.5. The lowest BCUT2D eigenvalue weighted by Gasteiger charge is -2.19. The number of hydrogen-bond donors (Lipinski definition) is 1. The first-order chi connectivity index (χ1) is 7.72. The van der Waals surface area contributed by atoms with Crippen molar-refractivity contribution in [2.45, 2.75) is 0 Å². The number of hydrogen-bond acceptors (Lipinski definition) is 4. The Morgan fingerprint density at radius 1 is 1.38 bits per heavy atom. The van der Waals surface area contributed by atoms with Gasteiger partial charge in [-0.05, 0) is 35.7 Å². The summed E-state index contributed by atoms with van der Waals surface area (Å²) in [7, 11) is 1.96. The second kappa shape index (κ2) is 4.25. The predicted octanol–water partition coefficient (Wildman–Crippen LogP) is 2.97. The van der Waals surface area contributed by atoms with Crippen LogP contribution >= 0.6 is 11.3 Å². The van der Waals surface area contributed by atoms with Gasteiger partial charge in [0.25, 0.3) is 0 Å². The van der Waals surface area contributed by atoms with Crippen molar-refractivity contribution >= 4 is 27.7 Å². The Hall–Kier alpha value is -1.99. The van der Waals surface area contributed by atoms with Crippen LogP contribution < -0.4 is 10.6 Å². The molecule has 0 saturated carbocycles. The lowest BCUT2D eigenvalue weighted by molar-refractivity contribution is 1.24. The molecule has 1 aromatic heterocycles. The standard InChI is InChI=1S/C12H11N3S/c1-15(12-3-2-6-16-12)11-5-4-9(8-13)7-10(11)14/h2-7H,14H2,1H3. The summed E-state index contributed by atoms with van der Waals surface area (Å²) in [6.45, 7) is 0. The number of benzene rings is 1. The molecule has 0 unspecified atom stereocenters. The van der Waals surface area contributed by atoms with Crippen LogP contribution in [0.5, 0.6) is 0 Å². The van der Waals surface area contributed by atoms with Crippen molar-refractivity contribution < 1.29 is 0 Å². The Kier molecular flexibility index (Phi) is 2.80. The minimum absolute atomic E-state index is 0.584. The van der Waals surface area contributed by atoms with Gasteiger partial charge in [-0.2, -0.15) is 5.26 Å². The Bertz CT molecular complexity index is 526. The number of nitrogens with two attached hydrogens (primary N) is 1. The summed E-state index contributed by atoms with van der Waals surface area (Å²) in [6.07, 6.45) is 0. The third kappa shape index (κ3) is 1.86. The largest absolute Gasteiger partial charge is 0.397 e. The zero-order chi connectivity index (χ0) is 11.5. The van der Waals surface area contributed by atoms with Crippen LogP contribution in [0, 0.1) is 11.3 Å². The highest BCUT2D eigenvalue weighted by atomic mass is 32.1. The quantitative estimate of drug-likeness (QED) is 0.805. The number of anilines is 3. The molecule has 0 fully saturated rings. The van der Waals surface area contributed by atoms with E-state index in [1.807, 2.05) is 35.5 Å². The van der Waals surface area contributed by atoms with Gasteiger partial charge in [0, 0.05) is 7.05 Å². The zero-order valence-corrected chi connectivity index (χ0v) is 9.66. The molecule has 2 rings (SSSR count). The van der Waals surface area contributed by atoms with E-state index >= 15 is 0 Å². The van der Waals surface area contributed by atoms with Crippen molar-refractivity contribution in [1.29, 1.82) is 5.26 Å². The summed E-state index contributed by atoms with van der Waals surface area (Å²) in [5.74, 6) is 0. The molecule has 0 amide bonds. The molecule has 0 aliphatic rings. The normalized spacial score (nSPS) is 9.75.